The maximum atomic E-state index is 12.2. The summed E-state index contributed by atoms with van der Waals surface area (Å²) in [5.41, 5.74) is 2.91. The Bertz CT molecular complexity index is 518. The number of ether oxygens (including phenoxy) is 1. The highest BCUT2D eigenvalue weighted by Gasteiger charge is 2.24. The summed E-state index contributed by atoms with van der Waals surface area (Å²) in [6, 6.07) is 6.57. The largest absolute Gasteiger partial charge is 0.444 e. The van der Waals surface area contributed by atoms with Gasteiger partial charge >= 0.3 is 6.09 Å². The fourth-order valence-corrected chi connectivity index (χ4v) is 2.08. The second-order valence-corrected chi connectivity index (χ2v) is 7.14. The number of benzene rings is 1. The van der Waals surface area contributed by atoms with Gasteiger partial charge in [0.25, 0.3) is 0 Å². The number of hydrogen-bond donors (Lipinski definition) is 1. The molecular weight excluding hydrogens is 276 g/mol. The van der Waals surface area contributed by atoms with Crippen LogP contribution in [-0.4, -0.2) is 29.7 Å². The van der Waals surface area contributed by atoms with E-state index in [1.807, 2.05) is 27.7 Å². The van der Waals surface area contributed by atoms with Crippen LogP contribution in [0.2, 0.25) is 0 Å². The van der Waals surface area contributed by atoms with Crippen LogP contribution in [0.1, 0.15) is 58.7 Å². The Hall–Kier alpha value is -1.71. The van der Waals surface area contributed by atoms with E-state index >= 15 is 0 Å². The molecule has 0 saturated heterocycles. The number of carbonyl (C=O) groups excluding carboxylic acids is 1. The van der Waals surface area contributed by atoms with Gasteiger partial charge in [-0.05, 0) is 65.7 Å². The molecule has 0 aliphatic rings. The van der Waals surface area contributed by atoms with Gasteiger partial charge in [-0.25, -0.2) is 4.79 Å². The normalized spacial score (nSPS) is 13.0. The summed E-state index contributed by atoms with van der Waals surface area (Å²) in [5, 5.41) is 3.44. The molecule has 0 aliphatic carbocycles. The van der Waals surface area contributed by atoms with E-state index < -0.39 is 5.60 Å². The van der Waals surface area contributed by atoms with Crippen molar-refractivity contribution in [1.29, 1.82) is 0 Å². The first-order valence-corrected chi connectivity index (χ1v) is 7.84. The Morgan fingerprint density at radius 2 is 1.82 bits per heavy atom. The third-order valence-electron chi connectivity index (χ3n) is 3.45. The fourth-order valence-electron chi connectivity index (χ4n) is 2.08. The molecule has 1 amide bonds. The van der Waals surface area contributed by atoms with Crippen LogP contribution in [-0.2, 0) is 4.74 Å². The molecule has 0 radical (unpaired) electrons. The first-order valence-electron chi connectivity index (χ1n) is 7.84. The molecule has 0 heterocycles. The zero-order valence-corrected chi connectivity index (χ0v) is 15.2. The van der Waals surface area contributed by atoms with Crippen molar-refractivity contribution in [1.82, 2.24) is 4.90 Å². The molecule has 0 saturated carbocycles. The minimum atomic E-state index is -0.483. The Labute approximate surface area is 134 Å². The Morgan fingerprint density at radius 1 is 1.23 bits per heavy atom. The summed E-state index contributed by atoms with van der Waals surface area (Å²) in [6.07, 6.45) is -0.307. The van der Waals surface area contributed by atoms with Gasteiger partial charge in [0.15, 0.2) is 0 Å². The topological polar surface area (TPSA) is 41.6 Å². The minimum Gasteiger partial charge on any atom is -0.444 e. The van der Waals surface area contributed by atoms with Gasteiger partial charge in [-0.15, -0.1) is 0 Å². The third-order valence-corrected chi connectivity index (χ3v) is 3.45. The molecule has 4 heteroatoms. The van der Waals surface area contributed by atoms with Crippen LogP contribution in [0, 0.1) is 6.92 Å². The van der Waals surface area contributed by atoms with Gasteiger partial charge in [0.1, 0.15) is 5.60 Å². The molecular formula is C18H30N2O2. The van der Waals surface area contributed by atoms with Crippen molar-refractivity contribution in [3.8, 4) is 0 Å². The predicted octanol–water partition coefficient (Wildman–Crippen LogP) is 4.74. The fraction of sp³-hybridized carbons (Fsp3) is 0.611. The molecule has 124 valence electrons. The molecule has 1 aromatic rings. The van der Waals surface area contributed by atoms with Gasteiger partial charge in [-0.2, -0.15) is 0 Å². The van der Waals surface area contributed by atoms with Crippen LogP contribution >= 0.6 is 0 Å². The molecule has 0 fully saturated rings. The van der Waals surface area contributed by atoms with Crippen molar-refractivity contribution >= 4 is 11.8 Å². The lowest BCUT2D eigenvalue weighted by Gasteiger charge is -2.29. The number of hydrogen-bond acceptors (Lipinski definition) is 3. The van der Waals surface area contributed by atoms with Crippen molar-refractivity contribution in [2.45, 2.75) is 66.2 Å². The highest BCUT2D eigenvalue weighted by molar-refractivity contribution is 5.68. The lowest BCUT2D eigenvalue weighted by Crippen LogP contribution is -2.35. The van der Waals surface area contributed by atoms with E-state index in [0.29, 0.717) is 6.04 Å². The predicted molar refractivity (Wildman–Crippen MR) is 92.3 cm³/mol. The lowest BCUT2D eigenvalue weighted by molar-refractivity contribution is 0.0234. The van der Waals surface area contributed by atoms with Crippen molar-refractivity contribution in [2.24, 2.45) is 0 Å². The van der Waals surface area contributed by atoms with Crippen molar-refractivity contribution in [2.75, 3.05) is 12.4 Å². The summed E-state index contributed by atoms with van der Waals surface area (Å²) in [7, 11) is 1.77. The maximum Gasteiger partial charge on any atom is 0.410 e. The summed E-state index contributed by atoms with van der Waals surface area (Å²) >= 11 is 0. The first-order chi connectivity index (χ1) is 10.0. The highest BCUT2D eigenvalue weighted by Crippen LogP contribution is 2.26. The molecule has 1 atom stereocenters. The summed E-state index contributed by atoms with van der Waals surface area (Å²) in [6.45, 7) is 13.9. The summed E-state index contributed by atoms with van der Waals surface area (Å²) in [5.74, 6) is 0. The summed E-state index contributed by atoms with van der Waals surface area (Å²) < 4.78 is 5.43. The molecule has 0 spiro atoms. The zero-order valence-electron chi connectivity index (χ0n) is 15.2. The number of nitrogens with one attached hydrogen (secondary N) is 1. The van der Waals surface area contributed by atoms with E-state index in [1.54, 1.807) is 11.9 Å². The number of anilines is 1. The van der Waals surface area contributed by atoms with Gasteiger partial charge in [0.05, 0.1) is 6.04 Å². The number of carbonyl (C=O) groups is 1. The average Bonchev–Trinajstić information content (AvgIpc) is 2.37. The molecule has 0 aromatic heterocycles. The van der Waals surface area contributed by atoms with Gasteiger partial charge in [0.2, 0.25) is 0 Å². The maximum absolute atomic E-state index is 12.2. The molecule has 4 nitrogen and oxygen atoms in total. The van der Waals surface area contributed by atoms with Crippen LogP contribution in [0.5, 0.6) is 0 Å². The standard InChI is InChI=1S/C18H30N2O2/c1-12(2)19-16-11-15(10-9-13(16)3)14(4)20(8)17(21)22-18(5,6)7/h9-12,14,19H,1-8H3. The quantitative estimate of drug-likeness (QED) is 0.873. The van der Waals surface area contributed by atoms with Crippen molar-refractivity contribution in [3.63, 3.8) is 0 Å². The van der Waals surface area contributed by atoms with Crippen molar-refractivity contribution < 1.29 is 9.53 Å². The Kier molecular flexibility index (Phi) is 5.86. The Balaban J connectivity index is 2.92. The van der Waals surface area contributed by atoms with Crippen LogP contribution in [0.15, 0.2) is 18.2 Å². The second-order valence-electron chi connectivity index (χ2n) is 7.14. The molecule has 1 unspecified atom stereocenters. The van der Waals surface area contributed by atoms with Gasteiger partial charge < -0.3 is 15.0 Å². The van der Waals surface area contributed by atoms with E-state index in [0.717, 1.165) is 11.3 Å². The van der Waals surface area contributed by atoms with Gasteiger partial charge in [0, 0.05) is 18.8 Å². The van der Waals surface area contributed by atoms with Crippen LogP contribution in [0.25, 0.3) is 0 Å². The smallest absolute Gasteiger partial charge is 0.410 e. The minimum absolute atomic E-state index is 0.0526. The molecule has 22 heavy (non-hydrogen) atoms. The number of amides is 1. The van der Waals surface area contributed by atoms with Crippen LogP contribution < -0.4 is 5.32 Å². The first kappa shape index (κ1) is 18.3. The van der Waals surface area contributed by atoms with Crippen LogP contribution in [0.3, 0.4) is 0 Å². The third kappa shape index (κ3) is 5.24. The molecule has 1 rings (SSSR count). The second kappa shape index (κ2) is 7.03. The number of rotatable bonds is 4. The molecule has 1 N–H and O–H groups in total. The molecule has 0 bridgehead atoms. The van der Waals surface area contributed by atoms with E-state index in [1.165, 1.54) is 5.56 Å². The SMILES string of the molecule is Cc1ccc(C(C)N(C)C(=O)OC(C)(C)C)cc1NC(C)C. The van der Waals surface area contributed by atoms with Gasteiger partial charge in [-0.3, -0.25) is 0 Å². The number of aryl methyl sites for hydroxylation is 1. The van der Waals surface area contributed by atoms with E-state index in [-0.39, 0.29) is 12.1 Å². The van der Waals surface area contributed by atoms with Gasteiger partial charge in [-0.1, -0.05) is 12.1 Å². The average molecular weight is 306 g/mol. The highest BCUT2D eigenvalue weighted by atomic mass is 16.6. The Morgan fingerprint density at radius 3 is 2.32 bits per heavy atom. The molecule has 1 aromatic carbocycles. The lowest BCUT2D eigenvalue weighted by atomic mass is 10.0. The molecule has 0 aliphatic heterocycles. The van der Waals surface area contributed by atoms with E-state index in [9.17, 15) is 4.79 Å². The van der Waals surface area contributed by atoms with E-state index in [4.69, 9.17) is 4.74 Å². The van der Waals surface area contributed by atoms with Crippen LogP contribution in [0.4, 0.5) is 10.5 Å². The zero-order chi connectivity index (χ0) is 17.1. The van der Waals surface area contributed by atoms with Crippen molar-refractivity contribution in [3.05, 3.63) is 29.3 Å². The number of nitrogens with zero attached hydrogens (tertiary/aromatic N) is 1. The van der Waals surface area contributed by atoms with E-state index in [2.05, 4.69) is 44.3 Å². The summed E-state index contributed by atoms with van der Waals surface area (Å²) in [4.78, 5) is 13.8. The monoisotopic (exact) mass is 306 g/mol.